The SMILES string of the molecule is CC(Oc1c(C(=O)O)cnc2c1cnn2C)C(F)(F)F. The van der Waals surface area contributed by atoms with E-state index < -0.39 is 23.8 Å². The van der Waals surface area contributed by atoms with Gasteiger partial charge in [0.2, 0.25) is 0 Å². The Kier molecular flexibility index (Phi) is 3.28. The van der Waals surface area contributed by atoms with Crippen molar-refractivity contribution in [2.24, 2.45) is 7.05 Å². The standard InChI is InChI=1S/C11H10F3N3O3/c1-5(11(12,13)14)20-8-6-4-16-17(2)9(6)15-3-7(8)10(18)19/h3-5H,1-2H3,(H,18,19). The fraction of sp³-hybridized carbons (Fsp3) is 0.364. The lowest BCUT2D eigenvalue weighted by Crippen LogP contribution is -2.31. The zero-order valence-corrected chi connectivity index (χ0v) is 10.5. The average Bonchev–Trinajstić information content (AvgIpc) is 2.70. The van der Waals surface area contributed by atoms with Crippen molar-refractivity contribution < 1.29 is 27.8 Å². The van der Waals surface area contributed by atoms with E-state index in [1.165, 1.54) is 17.9 Å². The molecule has 0 aliphatic rings. The molecule has 2 aromatic heterocycles. The van der Waals surface area contributed by atoms with Gasteiger partial charge in [-0.1, -0.05) is 0 Å². The summed E-state index contributed by atoms with van der Waals surface area (Å²) < 4.78 is 43.8. The molecule has 2 heterocycles. The van der Waals surface area contributed by atoms with Crippen LogP contribution in [0.15, 0.2) is 12.4 Å². The van der Waals surface area contributed by atoms with Crippen LogP contribution < -0.4 is 4.74 Å². The summed E-state index contributed by atoms with van der Waals surface area (Å²) in [6, 6.07) is 0. The van der Waals surface area contributed by atoms with Gasteiger partial charge in [-0.3, -0.25) is 4.68 Å². The third-order valence-corrected chi connectivity index (χ3v) is 2.70. The number of rotatable bonds is 3. The minimum absolute atomic E-state index is 0.114. The molecule has 0 amide bonds. The van der Waals surface area contributed by atoms with Crippen molar-refractivity contribution in [3.05, 3.63) is 18.0 Å². The number of aromatic carboxylic acids is 1. The molecule has 0 aromatic carbocycles. The maximum atomic E-state index is 12.6. The van der Waals surface area contributed by atoms with Crippen LogP contribution in [0.4, 0.5) is 13.2 Å². The summed E-state index contributed by atoms with van der Waals surface area (Å²) in [6.07, 6.45) is -4.59. The Morgan fingerprint density at radius 1 is 1.45 bits per heavy atom. The monoisotopic (exact) mass is 289 g/mol. The van der Waals surface area contributed by atoms with Crippen molar-refractivity contribution in [1.82, 2.24) is 14.8 Å². The van der Waals surface area contributed by atoms with E-state index in [-0.39, 0.29) is 16.8 Å². The molecule has 20 heavy (non-hydrogen) atoms. The van der Waals surface area contributed by atoms with Gasteiger partial charge in [-0.05, 0) is 6.92 Å². The van der Waals surface area contributed by atoms with Gasteiger partial charge in [0.25, 0.3) is 0 Å². The van der Waals surface area contributed by atoms with E-state index in [2.05, 4.69) is 10.1 Å². The zero-order valence-electron chi connectivity index (χ0n) is 10.5. The van der Waals surface area contributed by atoms with Crippen molar-refractivity contribution in [1.29, 1.82) is 0 Å². The maximum Gasteiger partial charge on any atom is 0.425 e. The molecule has 0 spiro atoms. The first-order chi connectivity index (χ1) is 9.21. The van der Waals surface area contributed by atoms with Crippen molar-refractivity contribution in [2.75, 3.05) is 0 Å². The zero-order chi connectivity index (χ0) is 15.1. The van der Waals surface area contributed by atoms with E-state index in [1.807, 2.05) is 0 Å². The molecule has 108 valence electrons. The molecule has 0 saturated heterocycles. The first kappa shape index (κ1) is 14.1. The first-order valence-electron chi connectivity index (χ1n) is 5.49. The highest BCUT2D eigenvalue weighted by Gasteiger charge is 2.39. The molecular formula is C11H10F3N3O3. The predicted octanol–water partition coefficient (Wildman–Crippen LogP) is 2.00. The van der Waals surface area contributed by atoms with Gasteiger partial charge in [0.15, 0.2) is 11.8 Å². The van der Waals surface area contributed by atoms with Crippen LogP contribution in [-0.2, 0) is 7.05 Å². The minimum atomic E-state index is -4.60. The number of aryl methyl sites for hydroxylation is 1. The molecule has 9 heteroatoms. The molecule has 0 fully saturated rings. The number of carbonyl (C=O) groups is 1. The van der Waals surface area contributed by atoms with Gasteiger partial charge in [-0.25, -0.2) is 9.78 Å². The van der Waals surface area contributed by atoms with Crippen LogP contribution in [0, 0.1) is 0 Å². The smallest absolute Gasteiger partial charge is 0.425 e. The van der Waals surface area contributed by atoms with Crippen LogP contribution in [0.2, 0.25) is 0 Å². The molecular weight excluding hydrogens is 279 g/mol. The van der Waals surface area contributed by atoms with Crippen molar-refractivity contribution in [3.63, 3.8) is 0 Å². The van der Waals surface area contributed by atoms with E-state index in [9.17, 15) is 18.0 Å². The lowest BCUT2D eigenvalue weighted by Gasteiger charge is -2.19. The number of alkyl halides is 3. The maximum absolute atomic E-state index is 12.6. The summed E-state index contributed by atoms with van der Waals surface area (Å²) in [5.41, 5.74) is -0.207. The van der Waals surface area contributed by atoms with Crippen LogP contribution >= 0.6 is 0 Å². The lowest BCUT2D eigenvalue weighted by atomic mass is 10.2. The molecule has 0 aliphatic carbocycles. The second kappa shape index (κ2) is 4.66. The van der Waals surface area contributed by atoms with Crippen LogP contribution in [-0.4, -0.2) is 38.1 Å². The molecule has 0 saturated carbocycles. The van der Waals surface area contributed by atoms with Gasteiger partial charge in [0, 0.05) is 13.2 Å². The molecule has 2 rings (SSSR count). The number of hydrogen-bond donors (Lipinski definition) is 1. The van der Waals surface area contributed by atoms with E-state index in [0.29, 0.717) is 0 Å². The Morgan fingerprint density at radius 3 is 2.65 bits per heavy atom. The summed E-state index contributed by atoms with van der Waals surface area (Å²) in [5, 5.41) is 13.0. The Balaban J connectivity index is 2.58. The second-order valence-corrected chi connectivity index (χ2v) is 4.11. The number of halogens is 3. The highest BCUT2D eigenvalue weighted by Crippen LogP contribution is 2.32. The number of fused-ring (bicyclic) bond motifs is 1. The Labute approximate surface area is 110 Å². The molecule has 0 bridgehead atoms. The summed E-state index contributed by atoms with van der Waals surface area (Å²) >= 11 is 0. The fourth-order valence-corrected chi connectivity index (χ4v) is 1.60. The summed E-state index contributed by atoms with van der Waals surface area (Å²) in [5.74, 6) is -1.81. The molecule has 2 aromatic rings. The lowest BCUT2D eigenvalue weighted by molar-refractivity contribution is -0.189. The van der Waals surface area contributed by atoms with Gasteiger partial charge in [-0.15, -0.1) is 0 Å². The quantitative estimate of drug-likeness (QED) is 0.935. The number of carboxylic acid groups (broad SMARTS) is 1. The van der Waals surface area contributed by atoms with E-state index in [4.69, 9.17) is 9.84 Å². The molecule has 1 unspecified atom stereocenters. The number of hydrogen-bond acceptors (Lipinski definition) is 4. The fourth-order valence-electron chi connectivity index (χ4n) is 1.60. The molecule has 0 aliphatic heterocycles. The molecule has 0 radical (unpaired) electrons. The van der Waals surface area contributed by atoms with Gasteiger partial charge in [-0.2, -0.15) is 18.3 Å². The number of nitrogens with zero attached hydrogens (tertiary/aromatic N) is 3. The summed E-state index contributed by atoms with van der Waals surface area (Å²) in [7, 11) is 1.53. The number of aromatic nitrogens is 3. The van der Waals surface area contributed by atoms with Gasteiger partial charge < -0.3 is 9.84 Å². The van der Waals surface area contributed by atoms with E-state index in [1.54, 1.807) is 0 Å². The van der Waals surface area contributed by atoms with E-state index >= 15 is 0 Å². The van der Waals surface area contributed by atoms with Gasteiger partial charge >= 0.3 is 12.1 Å². The summed E-state index contributed by atoms with van der Waals surface area (Å²) in [4.78, 5) is 14.9. The first-order valence-corrected chi connectivity index (χ1v) is 5.49. The Hall–Kier alpha value is -2.32. The third kappa shape index (κ3) is 2.38. The van der Waals surface area contributed by atoms with Crippen molar-refractivity contribution in [2.45, 2.75) is 19.2 Å². The van der Waals surface area contributed by atoms with Crippen molar-refractivity contribution >= 4 is 17.0 Å². The topological polar surface area (TPSA) is 77.2 Å². The number of ether oxygens (including phenoxy) is 1. The number of carboxylic acids is 1. The second-order valence-electron chi connectivity index (χ2n) is 4.11. The Morgan fingerprint density at radius 2 is 2.10 bits per heavy atom. The van der Waals surface area contributed by atoms with Crippen molar-refractivity contribution in [3.8, 4) is 5.75 Å². The van der Waals surface area contributed by atoms with E-state index in [0.717, 1.165) is 13.1 Å². The van der Waals surface area contributed by atoms with Gasteiger partial charge in [0.05, 0.1) is 11.6 Å². The number of pyridine rings is 1. The summed E-state index contributed by atoms with van der Waals surface area (Å²) in [6.45, 7) is 0.800. The minimum Gasteiger partial charge on any atom is -0.479 e. The van der Waals surface area contributed by atoms with Crippen LogP contribution in [0.1, 0.15) is 17.3 Å². The van der Waals surface area contributed by atoms with Crippen LogP contribution in [0.25, 0.3) is 11.0 Å². The molecule has 1 atom stereocenters. The normalized spacial score (nSPS) is 13.4. The third-order valence-electron chi connectivity index (χ3n) is 2.70. The predicted molar refractivity (Wildman–Crippen MR) is 61.6 cm³/mol. The molecule has 1 N–H and O–H groups in total. The highest BCUT2D eigenvalue weighted by atomic mass is 19.4. The largest absolute Gasteiger partial charge is 0.479 e. The van der Waals surface area contributed by atoms with Crippen LogP contribution in [0.3, 0.4) is 0 Å². The Bertz CT molecular complexity index is 666. The van der Waals surface area contributed by atoms with Crippen LogP contribution in [0.5, 0.6) is 5.75 Å². The molecule has 6 nitrogen and oxygen atoms in total. The average molecular weight is 289 g/mol. The van der Waals surface area contributed by atoms with Gasteiger partial charge in [0.1, 0.15) is 11.3 Å². The highest BCUT2D eigenvalue weighted by molar-refractivity contribution is 5.97.